The number of ether oxygens (including phenoxy) is 1. The fourth-order valence-corrected chi connectivity index (χ4v) is 3.30. The fraction of sp³-hybridized carbons (Fsp3) is 0.158. The van der Waals surface area contributed by atoms with Crippen LogP contribution >= 0.6 is 22.9 Å². The van der Waals surface area contributed by atoms with Crippen molar-refractivity contribution in [2.24, 2.45) is 0 Å². The molecule has 1 atom stereocenters. The molecule has 10 heteroatoms. The third-order valence-corrected chi connectivity index (χ3v) is 4.93. The standard InChI is InChI=1S/C19H17ClFN3O4S/c20-16-5-6-17(29-16)28-19(27)24-10-12(25)9-23-15-4-3-11(8-14(15)21)13-2-1-7-22-18(13)26/h1-8,12,23,25H,9-10H2,(H,22,26)(H,24,27)/t12-/m1/s1. The Bertz CT molecular complexity index is 1000. The third kappa shape index (κ3) is 5.80. The average molecular weight is 438 g/mol. The highest BCUT2D eigenvalue weighted by Crippen LogP contribution is 2.29. The first kappa shape index (κ1) is 20.8. The lowest BCUT2D eigenvalue weighted by atomic mass is 10.1. The zero-order valence-corrected chi connectivity index (χ0v) is 16.5. The lowest BCUT2D eigenvalue weighted by Gasteiger charge is -2.14. The molecule has 0 saturated heterocycles. The average Bonchev–Trinajstić information content (AvgIpc) is 3.10. The molecule has 0 unspecified atom stereocenters. The van der Waals surface area contributed by atoms with Crippen molar-refractivity contribution in [1.82, 2.24) is 10.3 Å². The summed E-state index contributed by atoms with van der Waals surface area (Å²) in [5, 5.41) is 25.3. The van der Waals surface area contributed by atoms with Crippen molar-refractivity contribution >= 4 is 34.7 Å². The SMILES string of the molecule is O=C(NC[C@H](O)CNc1ccc(-c2cccnc2O)cc1F)Oc1ccc(Cl)s1. The number of nitrogens with one attached hydrogen (secondary N) is 2. The minimum atomic E-state index is -0.976. The summed E-state index contributed by atoms with van der Waals surface area (Å²) < 4.78 is 19.8. The number of rotatable bonds is 7. The second-order valence-electron chi connectivity index (χ2n) is 5.93. The van der Waals surface area contributed by atoms with Crippen LogP contribution in [0.3, 0.4) is 0 Å². The number of nitrogens with zero attached hydrogens (tertiary/aromatic N) is 1. The Morgan fingerprint density at radius 3 is 2.79 bits per heavy atom. The Balaban J connectivity index is 1.49. The number of benzene rings is 1. The van der Waals surface area contributed by atoms with Gasteiger partial charge < -0.3 is 25.6 Å². The van der Waals surface area contributed by atoms with Crippen LogP contribution in [0.15, 0.2) is 48.7 Å². The van der Waals surface area contributed by atoms with E-state index in [0.717, 1.165) is 11.3 Å². The Hall–Kier alpha value is -2.88. The Morgan fingerprint density at radius 2 is 2.10 bits per heavy atom. The van der Waals surface area contributed by atoms with E-state index >= 15 is 0 Å². The molecule has 1 amide bonds. The Morgan fingerprint density at radius 1 is 1.28 bits per heavy atom. The van der Waals surface area contributed by atoms with Gasteiger partial charge in [-0.1, -0.05) is 29.0 Å². The zero-order chi connectivity index (χ0) is 20.8. The van der Waals surface area contributed by atoms with Gasteiger partial charge in [-0.3, -0.25) is 0 Å². The van der Waals surface area contributed by atoms with Gasteiger partial charge in [0.15, 0.2) is 5.06 Å². The number of anilines is 1. The van der Waals surface area contributed by atoms with Crippen molar-refractivity contribution in [2.75, 3.05) is 18.4 Å². The van der Waals surface area contributed by atoms with E-state index in [1.54, 1.807) is 30.3 Å². The van der Waals surface area contributed by atoms with Gasteiger partial charge in [-0.2, -0.15) is 0 Å². The molecule has 0 fully saturated rings. The summed E-state index contributed by atoms with van der Waals surface area (Å²) >= 11 is 6.85. The van der Waals surface area contributed by atoms with Gasteiger partial charge >= 0.3 is 6.09 Å². The number of aliphatic hydroxyl groups is 1. The van der Waals surface area contributed by atoms with Crippen molar-refractivity contribution in [1.29, 1.82) is 0 Å². The van der Waals surface area contributed by atoms with Gasteiger partial charge in [0.05, 0.1) is 16.1 Å². The van der Waals surface area contributed by atoms with E-state index in [-0.39, 0.29) is 24.7 Å². The number of thiophene rings is 1. The van der Waals surface area contributed by atoms with Gasteiger partial charge in [0.1, 0.15) is 5.82 Å². The van der Waals surface area contributed by atoms with Crippen molar-refractivity contribution in [3.05, 3.63) is 58.8 Å². The highest BCUT2D eigenvalue weighted by molar-refractivity contribution is 7.17. The van der Waals surface area contributed by atoms with Gasteiger partial charge in [-0.25, -0.2) is 14.2 Å². The van der Waals surface area contributed by atoms with Gasteiger partial charge in [0, 0.05) is 24.8 Å². The topological polar surface area (TPSA) is 104 Å². The van der Waals surface area contributed by atoms with Gasteiger partial charge in [-0.05, 0) is 42.0 Å². The normalized spacial score (nSPS) is 11.7. The number of pyridine rings is 1. The van der Waals surface area contributed by atoms with E-state index in [9.17, 15) is 19.4 Å². The summed E-state index contributed by atoms with van der Waals surface area (Å²) in [4.78, 5) is 15.4. The van der Waals surface area contributed by atoms with Crippen LogP contribution in [0, 0.1) is 5.82 Å². The van der Waals surface area contributed by atoms with Gasteiger partial charge in [0.2, 0.25) is 5.88 Å². The summed E-state index contributed by atoms with van der Waals surface area (Å²) in [6.45, 7) is -0.0896. The Kier molecular flexibility index (Phi) is 6.86. The van der Waals surface area contributed by atoms with Crippen LogP contribution in [0.25, 0.3) is 11.1 Å². The molecule has 0 aliphatic rings. The molecule has 0 spiro atoms. The lowest BCUT2D eigenvalue weighted by molar-refractivity contribution is 0.168. The molecule has 2 heterocycles. The first-order valence-electron chi connectivity index (χ1n) is 8.49. The number of hydrogen-bond donors (Lipinski definition) is 4. The molecule has 152 valence electrons. The smallest absolute Gasteiger partial charge is 0.413 e. The van der Waals surface area contributed by atoms with Crippen LogP contribution < -0.4 is 15.4 Å². The molecule has 0 saturated carbocycles. The largest absolute Gasteiger partial charge is 0.493 e. The molecule has 29 heavy (non-hydrogen) atoms. The van der Waals surface area contributed by atoms with Gasteiger partial charge in [-0.15, -0.1) is 0 Å². The van der Waals surface area contributed by atoms with Crippen LogP contribution in [0.5, 0.6) is 10.9 Å². The molecule has 0 aliphatic heterocycles. The molecule has 2 aromatic heterocycles. The molecular formula is C19H17ClFN3O4S. The molecule has 1 aromatic carbocycles. The van der Waals surface area contributed by atoms with E-state index in [1.807, 2.05) is 0 Å². The van der Waals surface area contributed by atoms with Crippen LogP contribution in [0.1, 0.15) is 0 Å². The predicted octanol–water partition coefficient (Wildman–Crippen LogP) is 3.87. The van der Waals surface area contributed by atoms with Crippen LogP contribution in [-0.4, -0.2) is 40.5 Å². The third-order valence-electron chi connectivity index (χ3n) is 3.82. The maximum atomic E-state index is 14.3. The molecule has 0 bridgehead atoms. The lowest BCUT2D eigenvalue weighted by Crippen LogP contribution is -2.37. The van der Waals surface area contributed by atoms with Crippen LogP contribution in [-0.2, 0) is 0 Å². The number of hydrogen-bond acceptors (Lipinski definition) is 7. The van der Waals surface area contributed by atoms with Crippen molar-refractivity contribution < 1.29 is 24.1 Å². The van der Waals surface area contributed by atoms with Crippen molar-refractivity contribution in [3.63, 3.8) is 0 Å². The number of halogens is 2. The highest BCUT2D eigenvalue weighted by atomic mass is 35.5. The number of aromatic hydroxyl groups is 1. The molecule has 4 N–H and O–H groups in total. The maximum Gasteiger partial charge on any atom is 0.413 e. The number of carbonyl (C=O) groups is 1. The summed E-state index contributed by atoms with van der Waals surface area (Å²) in [6, 6.07) is 10.8. The zero-order valence-electron chi connectivity index (χ0n) is 14.9. The first-order chi connectivity index (χ1) is 13.9. The van der Waals surface area contributed by atoms with Crippen LogP contribution in [0.2, 0.25) is 4.34 Å². The van der Waals surface area contributed by atoms with E-state index in [0.29, 0.717) is 20.5 Å². The number of aromatic nitrogens is 1. The maximum absolute atomic E-state index is 14.3. The van der Waals surface area contributed by atoms with E-state index in [1.165, 1.54) is 18.3 Å². The van der Waals surface area contributed by atoms with Crippen LogP contribution in [0.4, 0.5) is 14.9 Å². The van der Waals surface area contributed by atoms with Gasteiger partial charge in [0.25, 0.3) is 0 Å². The molecular weight excluding hydrogens is 421 g/mol. The van der Waals surface area contributed by atoms with Crippen molar-refractivity contribution in [3.8, 4) is 22.1 Å². The molecule has 3 aromatic rings. The molecule has 0 aliphatic carbocycles. The molecule has 3 rings (SSSR count). The summed E-state index contributed by atoms with van der Waals surface area (Å²) in [5.41, 5.74) is 1.05. The number of carbonyl (C=O) groups excluding carboxylic acids is 1. The van der Waals surface area contributed by atoms with Crippen molar-refractivity contribution in [2.45, 2.75) is 6.10 Å². The second kappa shape index (κ2) is 9.55. The predicted molar refractivity (Wildman–Crippen MR) is 109 cm³/mol. The quantitative estimate of drug-likeness (QED) is 0.447. The van der Waals surface area contributed by atoms with E-state index < -0.39 is 18.0 Å². The number of amides is 1. The summed E-state index contributed by atoms with van der Waals surface area (Å²) in [7, 11) is 0. The summed E-state index contributed by atoms with van der Waals surface area (Å²) in [5.74, 6) is -0.745. The monoisotopic (exact) mass is 437 g/mol. The first-order valence-corrected chi connectivity index (χ1v) is 9.68. The molecule has 7 nitrogen and oxygen atoms in total. The fourth-order valence-electron chi connectivity index (χ4n) is 2.43. The second-order valence-corrected chi connectivity index (χ2v) is 7.61. The van der Waals surface area contributed by atoms with E-state index in [4.69, 9.17) is 16.3 Å². The summed E-state index contributed by atoms with van der Waals surface area (Å²) in [6.07, 6.45) is -0.267. The molecule has 0 radical (unpaired) electrons. The van der Waals surface area contributed by atoms with E-state index in [2.05, 4.69) is 15.6 Å². The highest BCUT2D eigenvalue weighted by Gasteiger charge is 2.12. The number of aliphatic hydroxyl groups excluding tert-OH is 1. The Labute approximate surface area is 174 Å². The minimum Gasteiger partial charge on any atom is -0.493 e. The minimum absolute atomic E-state index is 0.000477.